The lowest BCUT2D eigenvalue weighted by Crippen LogP contribution is -2.37. The predicted octanol–water partition coefficient (Wildman–Crippen LogP) is 4.64. The van der Waals surface area contributed by atoms with Crippen LogP contribution in [0.1, 0.15) is 19.3 Å². The van der Waals surface area contributed by atoms with E-state index >= 15 is 0 Å². The zero-order valence-corrected chi connectivity index (χ0v) is 14.1. The number of hydrogen-bond donors (Lipinski definition) is 1. The normalized spacial score (nSPS) is 15.0. The summed E-state index contributed by atoms with van der Waals surface area (Å²) >= 11 is 0. The quantitative estimate of drug-likeness (QED) is 0.832. The summed E-state index contributed by atoms with van der Waals surface area (Å²) in [5.74, 6) is 2.95. The molecule has 0 bridgehead atoms. The second-order valence-electron chi connectivity index (χ2n) is 6.24. The van der Waals surface area contributed by atoms with Crippen molar-refractivity contribution < 1.29 is 19.4 Å². The van der Waals surface area contributed by atoms with Crippen molar-refractivity contribution in [1.82, 2.24) is 4.90 Å². The largest absolute Gasteiger partial charge is 0.494 e. The number of ether oxygens (including phenoxy) is 2. The van der Waals surface area contributed by atoms with Crippen LogP contribution in [0.15, 0.2) is 54.6 Å². The Morgan fingerprint density at radius 2 is 1.56 bits per heavy atom. The van der Waals surface area contributed by atoms with Crippen molar-refractivity contribution >= 4 is 6.09 Å². The third kappa shape index (κ3) is 5.14. The van der Waals surface area contributed by atoms with Gasteiger partial charge in [0.05, 0.1) is 6.61 Å². The molecule has 1 aliphatic heterocycles. The highest BCUT2D eigenvalue weighted by molar-refractivity contribution is 5.64. The van der Waals surface area contributed by atoms with Crippen LogP contribution in [0.2, 0.25) is 0 Å². The zero-order valence-electron chi connectivity index (χ0n) is 14.1. The number of benzene rings is 2. The van der Waals surface area contributed by atoms with Crippen LogP contribution in [0.3, 0.4) is 0 Å². The van der Waals surface area contributed by atoms with Crippen LogP contribution in [0, 0.1) is 5.92 Å². The molecule has 1 heterocycles. The Balaban J connectivity index is 1.40. The van der Waals surface area contributed by atoms with Gasteiger partial charge in [0.2, 0.25) is 0 Å². The summed E-state index contributed by atoms with van der Waals surface area (Å²) in [7, 11) is 0. The van der Waals surface area contributed by atoms with E-state index in [0.29, 0.717) is 25.6 Å². The van der Waals surface area contributed by atoms with Crippen molar-refractivity contribution in [3.63, 3.8) is 0 Å². The van der Waals surface area contributed by atoms with Crippen LogP contribution in [0.5, 0.6) is 17.2 Å². The lowest BCUT2D eigenvalue weighted by Gasteiger charge is -2.29. The van der Waals surface area contributed by atoms with Crippen molar-refractivity contribution in [2.45, 2.75) is 19.3 Å². The maximum atomic E-state index is 10.9. The highest BCUT2D eigenvalue weighted by atomic mass is 16.5. The summed E-state index contributed by atoms with van der Waals surface area (Å²) in [4.78, 5) is 12.4. The van der Waals surface area contributed by atoms with Gasteiger partial charge in [-0.05, 0) is 61.6 Å². The minimum atomic E-state index is -0.812. The third-order valence-corrected chi connectivity index (χ3v) is 4.48. The molecular weight excluding hydrogens is 318 g/mol. The number of likely N-dealkylation sites (tertiary alicyclic amines) is 1. The Hall–Kier alpha value is -2.69. The van der Waals surface area contributed by atoms with Gasteiger partial charge in [0.15, 0.2) is 0 Å². The molecule has 0 aliphatic carbocycles. The zero-order chi connectivity index (χ0) is 17.5. The van der Waals surface area contributed by atoms with E-state index < -0.39 is 6.09 Å². The molecule has 0 radical (unpaired) electrons. The molecule has 1 aliphatic rings. The van der Waals surface area contributed by atoms with E-state index in [1.807, 2.05) is 54.6 Å². The summed E-state index contributed by atoms with van der Waals surface area (Å²) in [5.41, 5.74) is 0. The van der Waals surface area contributed by atoms with E-state index in [-0.39, 0.29) is 0 Å². The molecular formula is C20H23NO4. The van der Waals surface area contributed by atoms with Gasteiger partial charge in [0.25, 0.3) is 0 Å². The summed E-state index contributed by atoms with van der Waals surface area (Å²) < 4.78 is 11.6. The molecule has 0 spiro atoms. The average Bonchev–Trinajstić information content (AvgIpc) is 2.64. The van der Waals surface area contributed by atoms with Crippen LogP contribution in [-0.4, -0.2) is 35.8 Å². The second kappa shape index (κ2) is 8.42. The number of hydrogen-bond acceptors (Lipinski definition) is 3. The molecule has 1 amide bonds. The molecule has 1 N–H and O–H groups in total. The fraction of sp³-hybridized carbons (Fsp3) is 0.350. The van der Waals surface area contributed by atoms with Crippen molar-refractivity contribution in [2.24, 2.45) is 5.92 Å². The number of carboxylic acid groups (broad SMARTS) is 1. The molecule has 0 unspecified atom stereocenters. The molecule has 3 rings (SSSR count). The monoisotopic (exact) mass is 341 g/mol. The number of amides is 1. The first-order valence-corrected chi connectivity index (χ1v) is 8.64. The van der Waals surface area contributed by atoms with Gasteiger partial charge >= 0.3 is 6.09 Å². The van der Waals surface area contributed by atoms with Gasteiger partial charge in [-0.3, -0.25) is 0 Å². The molecule has 5 nitrogen and oxygen atoms in total. The number of nitrogens with zero attached hydrogens (tertiary/aromatic N) is 1. The molecule has 0 atom stereocenters. The van der Waals surface area contributed by atoms with Gasteiger partial charge in [-0.2, -0.15) is 0 Å². The number of para-hydroxylation sites is 1. The highest BCUT2D eigenvalue weighted by Gasteiger charge is 2.21. The van der Waals surface area contributed by atoms with Crippen LogP contribution < -0.4 is 9.47 Å². The molecule has 25 heavy (non-hydrogen) atoms. The minimum absolute atomic E-state index is 0.538. The van der Waals surface area contributed by atoms with Crippen molar-refractivity contribution in [3.05, 3.63) is 54.6 Å². The van der Waals surface area contributed by atoms with Gasteiger partial charge in [0, 0.05) is 13.1 Å². The Morgan fingerprint density at radius 3 is 2.20 bits per heavy atom. The highest BCUT2D eigenvalue weighted by Crippen LogP contribution is 2.25. The van der Waals surface area contributed by atoms with Gasteiger partial charge < -0.3 is 19.5 Å². The topological polar surface area (TPSA) is 59.0 Å². The lowest BCUT2D eigenvalue weighted by atomic mass is 9.94. The Morgan fingerprint density at radius 1 is 0.960 bits per heavy atom. The number of carbonyl (C=O) groups is 1. The van der Waals surface area contributed by atoms with E-state index in [9.17, 15) is 4.79 Å². The summed E-state index contributed by atoms with van der Waals surface area (Å²) in [6, 6.07) is 17.3. The first kappa shape index (κ1) is 17.1. The summed E-state index contributed by atoms with van der Waals surface area (Å²) in [6.07, 6.45) is 1.97. The Kier molecular flexibility index (Phi) is 5.77. The van der Waals surface area contributed by atoms with Crippen LogP contribution in [0.4, 0.5) is 4.79 Å². The molecule has 0 saturated carbocycles. The van der Waals surface area contributed by atoms with E-state index in [4.69, 9.17) is 14.6 Å². The van der Waals surface area contributed by atoms with Crippen molar-refractivity contribution in [1.29, 1.82) is 0 Å². The van der Waals surface area contributed by atoms with E-state index in [2.05, 4.69) is 0 Å². The standard InChI is InChI=1S/C20H23NO4/c22-20(23)21-13-10-16(11-14-21)12-15-24-17-6-8-19(9-7-17)25-18-4-2-1-3-5-18/h1-9,16H,10-15H2,(H,22,23). The van der Waals surface area contributed by atoms with Crippen molar-refractivity contribution in [2.75, 3.05) is 19.7 Å². The molecule has 5 heteroatoms. The van der Waals surface area contributed by atoms with Gasteiger partial charge in [0.1, 0.15) is 17.2 Å². The minimum Gasteiger partial charge on any atom is -0.494 e. The fourth-order valence-electron chi connectivity index (χ4n) is 2.98. The average molecular weight is 341 g/mol. The predicted molar refractivity (Wildman–Crippen MR) is 95.4 cm³/mol. The lowest BCUT2D eigenvalue weighted by molar-refractivity contribution is 0.119. The van der Waals surface area contributed by atoms with Crippen LogP contribution in [-0.2, 0) is 0 Å². The third-order valence-electron chi connectivity index (χ3n) is 4.48. The van der Waals surface area contributed by atoms with E-state index in [1.54, 1.807) is 0 Å². The number of piperidine rings is 1. The van der Waals surface area contributed by atoms with Gasteiger partial charge in [-0.1, -0.05) is 18.2 Å². The fourth-order valence-corrected chi connectivity index (χ4v) is 2.98. The second-order valence-corrected chi connectivity index (χ2v) is 6.24. The summed E-state index contributed by atoms with van der Waals surface area (Å²) in [5, 5.41) is 8.96. The summed E-state index contributed by atoms with van der Waals surface area (Å²) in [6.45, 7) is 1.91. The molecule has 2 aromatic carbocycles. The Bertz CT molecular complexity index is 664. The van der Waals surface area contributed by atoms with E-state index in [1.165, 1.54) is 4.90 Å². The molecule has 1 fully saturated rings. The van der Waals surface area contributed by atoms with Crippen LogP contribution in [0.25, 0.3) is 0 Å². The van der Waals surface area contributed by atoms with Crippen LogP contribution >= 0.6 is 0 Å². The first-order chi connectivity index (χ1) is 12.2. The van der Waals surface area contributed by atoms with E-state index in [0.717, 1.165) is 36.5 Å². The molecule has 2 aromatic rings. The van der Waals surface area contributed by atoms with Crippen molar-refractivity contribution in [3.8, 4) is 17.2 Å². The molecule has 132 valence electrons. The van der Waals surface area contributed by atoms with Gasteiger partial charge in [-0.15, -0.1) is 0 Å². The molecule has 1 saturated heterocycles. The maximum Gasteiger partial charge on any atom is 0.407 e. The number of rotatable bonds is 6. The SMILES string of the molecule is O=C(O)N1CCC(CCOc2ccc(Oc3ccccc3)cc2)CC1. The smallest absolute Gasteiger partial charge is 0.407 e. The van der Waals surface area contributed by atoms with Gasteiger partial charge in [-0.25, -0.2) is 4.79 Å². The maximum absolute atomic E-state index is 10.9. The molecule has 0 aromatic heterocycles. The Labute approximate surface area is 147 Å². The first-order valence-electron chi connectivity index (χ1n) is 8.64.